The van der Waals surface area contributed by atoms with Gasteiger partial charge in [0.15, 0.2) is 11.5 Å². The number of carbonyl (C=O) groups excluding carboxylic acids is 1. The molecule has 1 atom stereocenters. The molecule has 0 bridgehead atoms. The van der Waals surface area contributed by atoms with Crippen LogP contribution in [0.1, 0.15) is 30.4 Å². The van der Waals surface area contributed by atoms with Crippen molar-refractivity contribution in [3.05, 3.63) is 90.0 Å². The van der Waals surface area contributed by atoms with E-state index >= 15 is 0 Å². The van der Waals surface area contributed by atoms with Gasteiger partial charge in [0.05, 0.1) is 11.4 Å². The summed E-state index contributed by atoms with van der Waals surface area (Å²) in [5.41, 5.74) is 4.95. The second-order valence-corrected chi connectivity index (χ2v) is 9.66. The number of hydrogen-bond acceptors (Lipinski definition) is 5. The summed E-state index contributed by atoms with van der Waals surface area (Å²) in [4.78, 5) is 22.8. The van der Waals surface area contributed by atoms with Crippen molar-refractivity contribution in [2.75, 3.05) is 31.1 Å². The zero-order valence-electron chi connectivity index (χ0n) is 21.2. The summed E-state index contributed by atoms with van der Waals surface area (Å²) in [6, 6.07) is 26.5. The van der Waals surface area contributed by atoms with Crippen LogP contribution in [0.4, 0.5) is 5.95 Å². The molecule has 6 rings (SSSR count). The van der Waals surface area contributed by atoms with Crippen molar-refractivity contribution in [3.8, 4) is 11.4 Å². The van der Waals surface area contributed by atoms with E-state index in [1.807, 2.05) is 53.4 Å². The molecule has 2 aromatic heterocycles. The summed E-state index contributed by atoms with van der Waals surface area (Å²) in [6.45, 7) is 6.86. The molecule has 1 fully saturated rings. The number of para-hydroxylation sites is 1. The van der Waals surface area contributed by atoms with Crippen molar-refractivity contribution in [1.29, 1.82) is 0 Å². The van der Waals surface area contributed by atoms with Crippen molar-refractivity contribution in [2.24, 2.45) is 0 Å². The smallest absolute Gasteiger partial charge is 0.230 e. The lowest BCUT2D eigenvalue weighted by Gasteiger charge is -2.37. The molecule has 0 spiro atoms. The Hall–Kier alpha value is -4.26. The maximum atomic E-state index is 13.5. The fourth-order valence-corrected chi connectivity index (χ4v) is 5.33. The standard InChI is InChI=1S/C30H30N6O/c1-3-24(22-11-5-4-6-12-22)29(37)34-16-18-35(19-17-34)30-31-26-15-8-7-14-25(26)28-33-32-27(36(28)30)23-13-9-10-21(2)20-23/h4-15,20,24H,3,16-19H2,1-2H3/t24-/m1/s1. The molecule has 1 saturated heterocycles. The first-order valence-corrected chi connectivity index (χ1v) is 12.9. The molecule has 0 aliphatic carbocycles. The molecule has 1 aliphatic heterocycles. The number of carbonyl (C=O) groups is 1. The van der Waals surface area contributed by atoms with E-state index in [4.69, 9.17) is 4.98 Å². The van der Waals surface area contributed by atoms with Crippen LogP contribution in [0.25, 0.3) is 27.9 Å². The minimum atomic E-state index is -0.107. The molecule has 0 N–H and O–H groups in total. The van der Waals surface area contributed by atoms with Crippen LogP contribution in [0.15, 0.2) is 78.9 Å². The summed E-state index contributed by atoms with van der Waals surface area (Å²) in [5, 5.41) is 10.2. The Morgan fingerprint density at radius 2 is 1.65 bits per heavy atom. The average Bonchev–Trinajstić information content (AvgIpc) is 3.39. The Morgan fingerprint density at radius 3 is 2.41 bits per heavy atom. The van der Waals surface area contributed by atoms with Crippen LogP contribution in [-0.2, 0) is 4.79 Å². The van der Waals surface area contributed by atoms with Crippen LogP contribution < -0.4 is 4.90 Å². The Morgan fingerprint density at radius 1 is 0.892 bits per heavy atom. The second kappa shape index (κ2) is 9.65. The van der Waals surface area contributed by atoms with Gasteiger partial charge in [-0.05, 0) is 37.1 Å². The SMILES string of the molecule is CC[C@@H](C(=O)N1CCN(c2nc3ccccc3c3nnc(-c4cccc(C)c4)n23)CC1)c1ccccc1. The molecule has 3 aromatic carbocycles. The zero-order chi connectivity index (χ0) is 25.4. The van der Waals surface area contributed by atoms with Crippen molar-refractivity contribution in [3.63, 3.8) is 0 Å². The number of piperazine rings is 1. The van der Waals surface area contributed by atoms with Crippen LogP contribution in [0.5, 0.6) is 0 Å². The minimum absolute atomic E-state index is 0.107. The predicted octanol–water partition coefficient (Wildman–Crippen LogP) is 5.10. The number of benzene rings is 3. The van der Waals surface area contributed by atoms with Crippen LogP contribution in [-0.4, -0.2) is 56.6 Å². The van der Waals surface area contributed by atoms with Crippen molar-refractivity contribution < 1.29 is 4.79 Å². The maximum Gasteiger partial charge on any atom is 0.230 e. The van der Waals surface area contributed by atoms with E-state index in [0.717, 1.165) is 45.9 Å². The molecule has 0 radical (unpaired) electrons. The molecule has 5 aromatic rings. The molecule has 186 valence electrons. The lowest BCUT2D eigenvalue weighted by atomic mass is 9.95. The largest absolute Gasteiger partial charge is 0.339 e. The highest BCUT2D eigenvalue weighted by atomic mass is 16.2. The molecule has 0 saturated carbocycles. The normalized spacial score (nSPS) is 14.9. The van der Waals surface area contributed by atoms with Crippen molar-refractivity contribution in [1.82, 2.24) is 24.5 Å². The van der Waals surface area contributed by atoms with Gasteiger partial charge in [0.1, 0.15) is 0 Å². The number of aryl methyl sites for hydroxylation is 1. The Kier molecular flexibility index (Phi) is 6.04. The Labute approximate surface area is 216 Å². The van der Waals surface area contributed by atoms with E-state index in [9.17, 15) is 4.79 Å². The molecule has 3 heterocycles. The third kappa shape index (κ3) is 4.20. The van der Waals surface area contributed by atoms with Gasteiger partial charge in [-0.3, -0.25) is 4.79 Å². The second-order valence-electron chi connectivity index (χ2n) is 9.66. The van der Waals surface area contributed by atoms with Gasteiger partial charge in [-0.2, -0.15) is 0 Å². The summed E-state index contributed by atoms with van der Waals surface area (Å²) < 4.78 is 2.08. The van der Waals surface area contributed by atoms with E-state index < -0.39 is 0 Å². The molecule has 37 heavy (non-hydrogen) atoms. The highest BCUT2D eigenvalue weighted by molar-refractivity contribution is 5.93. The van der Waals surface area contributed by atoms with E-state index in [2.05, 4.69) is 63.7 Å². The van der Waals surface area contributed by atoms with E-state index in [1.54, 1.807) is 0 Å². The number of rotatable bonds is 5. The van der Waals surface area contributed by atoms with Crippen LogP contribution in [0.2, 0.25) is 0 Å². The van der Waals surface area contributed by atoms with Gasteiger partial charge in [0.25, 0.3) is 0 Å². The Bertz CT molecular complexity index is 1570. The summed E-state index contributed by atoms with van der Waals surface area (Å²) >= 11 is 0. The number of aromatic nitrogens is 4. The topological polar surface area (TPSA) is 66.6 Å². The lowest BCUT2D eigenvalue weighted by Crippen LogP contribution is -2.50. The first-order chi connectivity index (χ1) is 18.1. The minimum Gasteiger partial charge on any atom is -0.339 e. The van der Waals surface area contributed by atoms with Gasteiger partial charge in [-0.1, -0.05) is 73.2 Å². The maximum absolute atomic E-state index is 13.5. The lowest BCUT2D eigenvalue weighted by molar-refractivity contribution is -0.133. The average molecular weight is 491 g/mol. The van der Waals surface area contributed by atoms with E-state index in [1.165, 1.54) is 5.56 Å². The predicted molar refractivity (Wildman–Crippen MR) is 147 cm³/mol. The monoisotopic (exact) mass is 490 g/mol. The van der Waals surface area contributed by atoms with Crippen molar-refractivity contribution in [2.45, 2.75) is 26.2 Å². The first-order valence-electron chi connectivity index (χ1n) is 12.9. The zero-order valence-corrected chi connectivity index (χ0v) is 21.2. The third-order valence-electron chi connectivity index (χ3n) is 7.29. The summed E-state index contributed by atoms with van der Waals surface area (Å²) in [5.74, 6) is 1.69. The molecule has 1 aliphatic rings. The van der Waals surface area contributed by atoms with Gasteiger partial charge in [-0.15, -0.1) is 10.2 Å². The Balaban J connectivity index is 1.34. The molecule has 1 amide bonds. The van der Waals surface area contributed by atoms with Crippen LogP contribution in [0.3, 0.4) is 0 Å². The first kappa shape index (κ1) is 23.2. The van der Waals surface area contributed by atoms with E-state index in [-0.39, 0.29) is 11.8 Å². The van der Waals surface area contributed by atoms with Gasteiger partial charge >= 0.3 is 0 Å². The highest BCUT2D eigenvalue weighted by Gasteiger charge is 2.29. The van der Waals surface area contributed by atoms with Gasteiger partial charge < -0.3 is 9.80 Å². The van der Waals surface area contributed by atoms with Gasteiger partial charge in [0, 0.05) is 37.1 Å². The van der Waals surface area contributed by atoms with E-state index in [0.29, 0.717) is 26.2 Å². The number of amides is 1. The third-order valence-corrected chi connectivity index (χ3v) is 7.29. The molecule has 0 unspecified atom stereocenters. The van der Waals surface area contributed by atoms with Gasteiger partial charge in [0.2, 0.25) is 11.9 Å². The molecular weight excluding hydrogens is 460 g/mol. The van der Waals surface area contributed by atoms with Crippen LogP contribution in [0, 0.1) is 6.92 Å². The molecule has 7 nitrogen and oxygen atoms in total. The molecular formula is C30H30N6O. The van der Waals surface area contributed by atoms with Crippen molar-refractivity contribution >= 4 is 28.4 Å². The van der Waals surface area contributed by atoms with Gasteiger partial charge in [-0.25, -0.2) is 9.38 Å². The fourth-order valence-electron chi connectivity index (χ4n) is 5.33. The number of fused-ring (bicyclic) bond motifs is 3. The number of anilines is 1. The molecule has 7 heteroatoms. The quantitative estimate of drug-likeness (QED) is 0.343. The highest BCUT2D eigenvalue weighted by Crippen LogP contribution is 2.30. The number of hydrogen-bond donors (Lipinski definition) is 0. The summed E-state index contributed by atoms with van der Waals surface area (Å²) in [7, 11) is 0. The fraction of sp³-hybridized carbons (Fsp3) is 0.267. The summed E-state index contributed by atoms with van der Waals surface area (Å²) in [6.07, 6.45) is 0.788. The number of nitrogens with zero attached hydrogens (tertiary/aromatic N) is 6. The van der Waals surface area contributed by atoms with Crippen LogP contribution >= 0.6 is 0 Å².